The van der Waals surface area contributed by atoms with Gasteiger partial charge in [-0.1, -0.05) is 25.1 Å². The van der Waals surface area contributed by atoms with Crippen LogP contribution >= 0.6 is 0 Å². The molecule has 1 amide bonds. The van der Waals surface area contributed by atoms with E-state index in [1.165, 1.54) is 6.33 Å². The lowest BCUT2D eigenvalue weighted by atomic mass is 10.1. The lowest BCUT2D eigenvalue weighted by Crippen LogP contribution is -2.27. The summed E-state index contributed by atoms with van der Waals surface area (Å²) in [6.07, 6.45) is 4.95. The highest BCUT2D eigenvalue weighted by atomic mass is 16.5. The average molecular weight is 499 g/mol. The van der Waals surface area contributed by atoms with Crippen molar-refractivity contribution >= 4 is 33.7 Å². The standard InChI is InChI=1S/C27H26N6O4/c1-3-28-15-23(34)31-20-7-4-17(5-8-20)24-26-25(33(10-11-36-2)27(35)32-24)21-12-18(6-9-22(21)37-26)19-13-29-16-30-14-19/h4-9,12-14,16,28H,3,10-11,15H2,1-2H3,(H,31,34). The first kappa shape index (κ1) is 24.3. The number of carbonyl (C=O) groups excluding carboxylic acids is 1. The quantitative estimate of drug-likeness (QED) is 0.317. The van der Waals surface area contributed by atoms with Crippen LogP contribution in [0.15, 0.2) is 70.4 Å². The predicted octanol–water partition coefficient (Wildman–Crippen LogP) is 3.46. The molecule has 0 unspecified atom stereocenters. The first-order valence-electron chi connectivity index (χ1n) is 11.9. The molecule has 2 N–H and O–H groups in total. The minimum absolute atomic E-state index is 0.132. The number of nitrogens with zero attached hydrogens (tertiary/aromatic N) is 4. The molecule has 0 atom stereocenters. The molecule has 2 aromatic carbocycles. The van der Waals surface area contributed by atoms with Crippen molar-refractivity contribution in [1.82, 2.24) is 24.8 Å². The van der Waals surface area contributed by atoms with Crippen LogP contribution in [0.2, 0.25) is 0 Å². The number of likely N-dealkylation sites (N-methyl/N-ethyl adjacent to an activating group) is 1. The molecule has 5 rings (SSSR count). The molecule has 3 aromatic heterocycles. The second-order valence-corrected chi connectivity index (χ2v) is 8.41. The largest absolute Gasteiger partial charge is 0.452 e. The molecule has 188 valence electrons. The van der Waals surface area contributed by atoms with Crippen molar-refractivity contribution in [3.05, 3.63) is 71.7 Å². The summed E-state index contributed by atoms with van der Waals surface area (Å²) in [5.74, 6) is -0.132. The van der Waals surface area contributed by atoms with E-state index < -0.39 is 5.69 Å². The number of ether oxygens (including phenoxy) is 1. The fourth-order valence-corrected chi connectivity index (χ4v) is 4.18. The van der Waals surface area contributed by atoms with Gasteiger partial charge in [0, 0.05) is 41.7 Å². The number of methoxy groups -OCH3 is 1. The fourth-order valence-electron chi connectivity index (χ4n) is 4.18. The minimum atomic E-state index is -0.404. The van der Waals surface area contributed by atoms with Crippen LogP contribution in [0.4, 0.5) is 5.69 Å². The van der Waals surface area contributed by atoms with E-state index in [1.54, 1.807) is 36.2 Å². The van der Waals surface area contributed by atoms with Crippen molar-refractivity contribution in [3.63, 3.8) is 0 Å². The van der Waals surface area contributed by atoms with Gasteiger partial charge < -0.3 is 19.8 Å². The fraction of sp³-hybridized carbons (Fsp3) is 0.222. The summed E-state index contributed by atoms with van der Waals surface area (Å²) in [6.45, 7) is 3.55. The number of rotatable bonds is 9. The number of benzene rings is 2. The van der Waals surface area contributed by atoms with Crippen LogP contribution in [0.1, 0.15) is 6.92 Å². The Hall–Kier alpha value is -4.41. The molecular weight excluding hydrogens is 472 g/mol. The molecular formula is C27H26N6O4. The van der Waals surface area contributed by atoms with Crippen molar-refractivity contribution in [1.29, 1.82) is 0 Å². The number of hydrogen-bond acceptors (Lipinski definition) is 8. The average Bonchev–Trinajstić information content (AvgIpc) is 3.31. The van der Waals surface area contributed by atoms with E-state index in [2.05, 4.69) is 25.6 Å². The first-order valence-corrected chi connectivity index (χ1v) is 11.9. The Labute approximate surface area is 212 Å². The van der Waals surface area contributed by atoms with Gasteiger partial charge in [-0.2, -0.15) is 4.98 Å². The summed E-state index contributed by atoms with van der Waals surface area (Å²) >= 11 is 0. The van der Waals surface area contributed by atoms with Gasteiger partial charge in [0.15, 0.2) is 5.58 Å². The zero-order valence-corrected chi connectivity index (χ0v) is 20.5. The number of fused-ring (bicyclic) bond motifs is 3. The maximum Gasteiger partial charge on any atom is 0.348 e. The molecule has 0 aliphatic rings. The SMILES string of the molecule is CCNCC(=O)Nc1ccc(-c2nc(=O)n(CCOC)c3c2oc2ccc(-c4cncnc4)cc23)cc1. The van der Waals surface area contributed by atoms with Crippen molar-refractivity contribution in [3.8, 4) is 22.4 Å². The van der Waals surface area contributed by atoms with Gasteiger partial charge in [0.1, 0.15) is 23.1 Å². The lowest BCUT2D eigenvalue weighted by Gasteiger charge is -2.10. The van der Waals surface area contributed by atoms with Gasteiger partial charge in [-0.15, -0.1) is 0 Å². The van der Waals surface area contributed by atoms with E-state index in [4.69, 9.17) is 9.15 Å². The van der Waals surface area contributed by atoms with E-state index in [1.807, 2.05) is 37.3 Å². The number of anilines is 1. The Morgan fingerprint density at radius 1 is 1.05 bits per heavy atom. The van der Waals surface area contributed by atoms with E-state index in [0.29, 0.717) is 53.3 Å². The Kier molecular flexibility index (Phi) is 7.02. The Morgan fingerprint density at radius 3 is 2.54 bits per heavy atom. The Balaban J connectivity index is 1.63. The second-order valence-electron chi connectivity index (χ2n) is 8.41. The van der Waals surface area contributed by atoms with Gasteiger partial charge in [0.05, 0.1) is 19.7 Å². The molecule has 0 spiro atoms. The molecule has 0 radical (unpaired) electrons. The number of hydrogen-bond donors (Lipinski definition) is 2. The Bertz CT molecular complexity index is 1610. The predicted molar refractivity (Wildman–Crippen MR) is 141 cm³/mol. The summed E-state index contributed by atoms with van der Waals surface area (Å²) in [5.41, 5.74) is 4.89. The van der Waals surface area contributed by atoms with Crippen LogP contribution in [-0.2, 0) is 16.1 Å². The zero-order chi connectivity index (χ0) is 25.8. The van der Waals surface area contributed by atoms with E-state index in [-0.39, 0.29) is 12.5 Å². The maximum absolute atomic E-state index is 13.2. The van der Waals surface area contributed by atoms with Gasteiger partial charge in [0.25, 0.3) is 0 Å². The molecule has 0 aliphatic carbocycles. The summed E-state index contributed by atoms with van der Waals surface area (Å²) < 4.78 is 13.1. The smallest absolute Gasteiger partial charge is 0.348 e. The van der Waals surface area contributed by atoms with E-state index in [0.717, 1.165) is 16.5 Å². The molecule has 0 saturated carbocycles. The third-order valence-electron chi connectivity index (χ3n) is 5.98. The van der Waals surface area contributed by atoms with Crippen molar-refractivity contribution < 1.29 is 13.9 Å². The van der Waals surface area contributed by atoms with Gasteiger partial charge in [-0.05, 0) is 36.4 Å². The van der Waals surface area contributed by atoms with Crippen LogP contribution < -0.4 is 16.3 Å². The number of aromatic nitrogens is 4. The number of carbonyl (C=O) groups is 1. The van der Waals surface area contributed by atoms with Crippen LogP contribution in [0.3, 0.4) is 0 Å². The highest BCUT2D eigenvalue weighted by Crippen LogP contribution is 2.36. The van der Waals surface area contributed by atoms with Crippen LogP contribution in [0, 0.1) is 0 Å². The number of nitrogens with one attached hydrogen (secondary N) is 2. The van der Waals surface area contributed by atoms with Crippen LogP contribution in [0.5, 0.6) is 0 Å². The summed E-state index contributed by atoms with van der Waals surface area (Å²) in [5, 5.41) is 6.61. The Morgan fingerprint density at radius 2 is 1.81 bits per heavy atom. The first-order chi connectivity index (χ1) is 18.1. The topological polar surface area (TPSA) is 124 Å². The zero-order valence-electron chi connectivity index (χ0n) is 20.5. The third kappa shape index (κ3) is 4.97. The molecule has 0 bridgehead atoms. The van der Waals surface area contributed by atoms with Gasteiger partial charge >= 0.3 is 5.69 Å². The van der Waals surface area contributed by atoms with Crippen LogP contribution in [-0.4, -0.2) is 52.2 Å². The molecule has 0 aliphatic heterocycles. The molecule has 10 nitrogen and oxygen atoms in total. The second kappa shape index (κ2) is 10.7. The molecule has 3 heterocycles. The number of amides is 1. The molecule has 37 heavy (non-hydrogen) atoms. The summed E-state index contributed by atoms with van der Waals surface area (Å²) in [4.78, 5) is 37.8. The highest BCUT2D eigenvalue weighted by molar-refractivity contribution is 6.08. The minimum Gasteiger partial charge on any atom is -0.452 e. The monoisotopic (exact) mass is 498 g/mol. The highest BCUT2D eigenvalue weighted by Gasteiger charge is 2.20. The maximum atomic E-state index is 13.2. The van der Waals surface area contributed by atoms with Gasteiger partial charge in [-0.3, -0.25) is 9.36 Å². The van der Waals surface area contributed by atoms with Crippen LogP contribution in [0.25, 0.3) is 44.5 Å². The van der Waals surface area contributed by atoms with Crippen molar-refractivity contribution in [2.45, 2.75) is 13.5 Å². The summed E-state index contributed by atoms with van der Waals surface area (Å²) in [6, 6.07) is 12.9. The van der Waals surface area contributed by atoms with E-state index in [9.17, 15) is 9.59 Å². The molecule has 0 saturated heterocycles. The van der Waals surface area contributed by atoms with E-state index >= 15 is 0 Å². The lowest BCUT2D eigenvalue weighted by molar-refractivity contribution is -0.115. The van der Waals surface area contributed by atoms with Gasteiger partial charge in [0.2, 0.25) is 5.91 Å². The van der Waals surface area contributed by atoms with Crippen molar-refractivity contribution in [2.24, 2.45) is 0 Å². The summed E-state index contributed by atoms with van der Waals surface area (Å²) in [7, 11) is 1.59. The van der Waals surface area contributed by atoms with Crippen molar-refractivity contribution in [2.75, 3.05) is 32.1 Å². The molecule has 0 fully saturated rings. The molecule has 5 aromatic rings. The van der Waals surface area contributed by atoms with Gasteiger partial charge in [-0.25, -0.2) is 14.8 Å². The number of furan rings is 1. The molecule has 10 heteroatoms. The normalized spacial score (nSPS) is 11.3. The third-order valence-corrected chi connectivity index (χ3v) is 5.98.